The SMILES string of the molecule is O=C(CNS(=O)(=O)c1ccccc1)NCc1ccc(Cl)cc1Cl. The zero-order valence-corrected chi connectivity index (χ0v) is 14.3. The Kier molecular flexibility index (Phi) is 6.01. The molecule has 0 unspecified atom stereocenters. The number of carbonyl (C=O) groups is 1. The van der Waals surface area contributed by atoms with Crippen molar-refractivity contribution in [1.29, 1.82) is 0 Å². The van der Waals surface area contributed by atoms with Crippen LogP contribution < -0.4 is 10.0 Å². The summed E-state index contributed by atoms with van der Waals surface area (Å²) in [5, 5.41) is 3.52. The Morgan fingerprint density at radius 2 is 1.74 bits per heavy atom. The Labute approximate surface area is 144 Å². The Morgan fingerprint density at radius 3 is 2.39 bits per heavy atom. The summed E-state index contributed by atoms with van der Waals surface area (Å²) in [6.07, 6.45) is 0. The molecule has 1 amide bonds. The van der Waals surface area contributed by atoms with Gasteiger partial charge in [0.2, 0.25) is 15.9 Å². The van der Waals surface area contributed by atoms with Crippen molar-refractivity contribution in [2.45, 2.75) is 11.4 Å². The van der Waals surface area contributed by atoms with Gasteiger partial charge >= 0.3 is 0 Å². The number of hydrogen-bond acceptors (Lipinski definition) is 3. The van der Waals surface area contributed by atoms with Crippen LogP contribution in [0.5, 0.6) is 0 Å². The molecule has 0 fully saturated rings. The number of hydrogen-bond donors (Lipinski definition) is 2. The molecule has 2 N–H and O–H groups in total. The van der Waals surface area contributed by atoms with Crippen molar-refractivity contribution in [2.75, 3.05) is 6.54 Å². The van der Waals surface area contributed by atoms with E-state index in [-0.39, 0.29) is 18.0 Å². The first-order valence-electron chi connectivity index (χ1n) is 6.64. The highest BCUT2D eigenvalue weighted by atomic mass is 35.5. The Hall–Kier alpha value is -1.60. The monoisotopic (exact) mass is 372 g/mol. The van der Waals surface area contributed by atoms with Gasteiger partial charge in [0, 0.05) is 16.6 Å². The highest BCUT2D eigenvalue weighted by molar-refractivity contribution is 7.89. The largest absolute Gasteiger partial charge is 0.351 e. The molecule has 0 heterocycles. The zero-order valence-electron chi connectivity index (χ0n) is 11.9. The molecule has 0 bridgehead atoms. The van der Waals surface area contributed by atoms with Crippen molar-refractivity contribution in [3.05, 3.63) is 64.1 Å². The molecule has 0 saturated heterocycles. The highest BCUT2D eigenvalue weighted by Gasteiger charge is 2.14. The predicted octanol–water partition coefficient (Wildman–Crippen LogP) is 2.59. The third-order valence-electron chi connectivity index (χ3n) is 2.97. The number of carbonyl (C=O) groups excluding carboxylic acids is 1. The minimum Gasteiger partial charge on any atom is -0.351 e. The maximum absolute atomic E-state index is 12.0. The number of amides is 1. The van der Waals surface area contributed by atoms with Gasteiger partial charge in [-0.1, -0.05) is 47.5 Å². The Bertz CT molecular complexity index is 796. The van der Waals surface area contributed by atoms with Gasteiger partial charge in [0.05, 0.1) is 11.4 Å². The van der Waals surface area contributed by atoms with E-state index >= 15 is 0 Å². The standard InChI is InChI=1S/C15H14Cl2N2O3S/c16-12-7-6-11(14(17)8-12)9-18-15(20)10-19-23(21,22)13-4-2-1-3-5-13/h1-8,19H,9-10H2,(H,18,20). The van der Waals surface area contributed by atoms with Crippen molar-refractivity contribution < 1.29 is 13.2 Å². The maximum Gasteiger partial charge on any atom is 0.241 e. The third kappa shape index (κ3) is 5.21. The van der Waals surface area contributed by atoms with Gasteiger partial charge in [0.1, 0.15) is 0 Å². The molecule has 0 radical (unpaired) electrons. The molecule has 23 heavy (non-hydrogen) atoms. The van der Waals surface area contributed by atoms with Gasteiger partial charge in [0.25, 0.3) is 0 Å². The summed E-state index contributed by atoms with van der Waals surface area (Å²) in [7, 11) is -3.71. The van der Waals surface area contributed by atoms with Crippen molar-refractivity contribution >= 4 is 39.1 Å². The second-order valence-corrected chi connectivity index (χ2v) is 7.26. The van der Waals surface area contributed by atoms with E-state index in [1.165, 1.54) is 12.1 Å². The van der Waals surface area contributed by atoms with Crippen LogP contribution in [0.3, 0.4) is 0 Å². The first-order chi connectivity index (χ1) is 10.9. The third-order valence-corrected chi connectivity index (χ3v) is 4.97. The van der Waals surface area contributed by atoms with E-state index in [1.807, 2.05) is 0 Å². The summed E-state index contributed by atoms with van der Waals surface area (Å²) in [6, 6.07) is 12.8. The molecule has 5 nitrogen and oxygen atoms in total. The van der Waals surface area contributed by atoms with E-state index in [2.05, 4.69) is 10.0 Å². The molecule has 122 valence electrons. The first kappa shape index (κ1) is 17.7. The molecule has 0 saturated carbocycles. The van der Waals surface area contributed by atoms with Gasteiger partial charge < -0.3 is 5.32 Å². The average molecular weight is 373 g/mol. The molecular weight excluding hydrogens is 359 g/mol. The Balaban J connectivity index is 1.88. The highest BCUT2D eigenvalue weighted by Crippen LogP contribution is 2.20. The van der Waals surface area contributed by atoms with Crippen LogP contribution >= 0.6 is 23.2 Å². The van der Waals surface area contributed by atoms with E-state index in [0.29, 0.717) is 15.6 Å². The zero-order chi connectivity index (χ0) is 16.9. The lowest BCUT2D eigenvalue weighted by molar-refractivity contribution is -0.120. The minimum atomic E-state index is -3.71. The number of sulfonamides is 1. The van der Waals surface area contributed by atoms with E-state index < -0.39 is 15.9 Å². The van der Waals surface area contributed by atoms with Gasteiger partial charge in [0.15, 0.2) is 0 Å². The van der Waals surface area contributed by atoms with E-state index in [4.69, 9.17) is 23.2 Å². The fraction of sp³-hybridized carbons (Fsp3) is 0.133. The summed E-state index contributed by atoms with van der Waals surface area (Å²) in [4.78, 5) is 11.9. The topological polar surface area (TPSA) is 75.3 Å². The van der Waals surface area contributed by atoms with Crippen molar-refractivity contribution in [3.8, 4) is 0 Å². The van der Waals surface area contributed by atoms with Crippen LogP contribution in [0.4, 0.5) is 0 Å². The van der Waals surface area contributed by atoms with Gasteiger partial charge in [-0.05, 0) is 29.8 Å². The fourth-order valence-electron chi connectivity index (χ4n) is 1.76. The molecular formula is C15H14Cl2N2O3S. The number of nitrogens with one attached hydrogen (secondary N) is 2. The molecule has 0 atom stereocenters. The number of rotatable bonds is 6. The van der Waals surface area contributed by atoms with Gasteiger partial charge in [-0.2, -0.15) is 0 Å². The van der Waals surface area contributed by atoms with Crippen LogP contribution in [0.25, 0.3) is 0 Å². The van der Waals surface area contributed by atoms with Crippen LogP contribution in [0.1, 0.15) is 5.56 Å². The van der Waals surface area contributed by atoms with Gasteiger partial charge in [-0.15, -0.1) is 0 Å². The van der Waals surface area contributed by atoms with E-state index in [1.54, 1.807) is 36.4 Å². The summed E-state index contributed by atoms with van der Waals surface area (Å²) < 4.78 is 26.2. The van der Waals surface area contributed by atoms with Gasteiger partial charge in [-0.3, -0.25) is 4.79 Å². The smallest absolute Gasteiger partial charge is 0.241 e. The van der Waals surface area contributed by atoms with E-state index in [0.717, 1.165) is 0 Å². The molecule has 0 aliphatic carbocycles. The van der Waals surface area contributed by atoms with E-state index in [9.17, 15) is 13.2 Å². The number of halogens is 2. The quantitative estimate of drug-likeness (QED) is 0.817. The van der Waals surface area contributed by atoms with Gasteiger partial charge in [-0.25, -0.2) is 13.1 Å². The lowest BCUT2D eigenvalue weighted by Gasteiger charge is -2.09. The second-order valence-electron chi connectivity index (χ2n) is 4.65. The average Bonchev–Trinajstić information content (AvgIpc) is 2.53. The molecule has 0 spiro atoms. The molecule has 2 aromatic carbocycles. The van der Waals surface area contributed by atoms with Crippen molar-refractivity contribution in [2.24, 2.45) is 0 Å². The molecule has 0 aromatic heterocycles. The second kappa shape index (κ2) is 7.79. The molecule has 2 aromatic rings. The molecule has 0 aliphatic rings. The normalized spacial score (nSPS) is 11.2. The van der Waals surface area contributed by atoms with Crippen LogP contribution in [-0.4, -0.2) is 20.9 Å². The predicted molar refractivity (Wildman–Crippen MR) is 89.9 cm³/mol. The van der Waals surface area contributed by atoms with Crippen LogP contribution in [-0.2, 0) is 21.4 Å². The summed E-state index contributed by atoms with van der Waals surface area (Å²) in [5.41, 5.74) is 0.690. The molecule has 8 heteroatoms. The fourth-order valence-corrected chi connectivity index (χ4v) is 3.24. The first-order valence-corrected chi connectivity index (χ1v) is 8.88. The van der Waals surface area contributed by atoms with Crippen molar-refractivity contribution in [1.82, 2.24) is 10.0 Å². The van der Waals surface area contributed by atoms with Crippen LogP contribution in [0.15, 0.2) is 53.4 Å². The summed E-state index contributed by atoms with van der Waals surface area (Å²) in [5.74, 6) is -0.462. The minimum absolute atomic E-state index is 0.105. The van der Waals surface area contributed by atoms with Crippen LogP contribution in [0, 0.1) is 0 Å². The summed E-state index contributed by atoms with van der Waals surface area (Å²) in [6.45, 7) is -0.176. The lowest BCUT2D eigenvalue weighted by Crippen LogP contribution is -2.36. The Morgan fingerprint density at radius 1 is 1.04 bits per heavy atom. The lowest BCUT2D eigenvalue weighted by atomic mass is 10.2. The van der Waals surface area contributed by atoms with Crippen molar-refractivity contribution in [3.63, 3.8) is 0 Å². The van der Waals surface area contributed by atoms with Crippen LogP contribution in [0.2, 0.25) is 10.0 Å². The maximum atomic E-state index is 12.0. The molecule has 2 rings (SSSR count). The number of benzene rings is 2. The molecule has 0 aliphatic heterocycles. The summed E-state index contributed by atoms with van der Waals surface area (Å²) >= 11 is 11.8.